The maximum Gasteiger partial charge on any atom is 0.177 e. The lowest BCUT2D eigenvalue weighted by Gasteiger charge is -2.10. The molecule has 0 aliphatic rings. The van der Waals surface area contributed by atoms with Gasteiger partial charge in [0.05, 0.1) is 10.6 Å². The standard InChI is InChI=1S/C11H17NO2S2/c1-15-9-5-8-12-10-6-3-4-7-11(10)16(2,13)14/h3-4,6-7,12H,5,8-9H2,1-2H3. The molecule has 0 fully saturated rings. The van der Waals surface area contributed by atoms with Gasteiger partial charge < -0.3 is 5.32 Å². The first-order valence-corrected chi connectivity index (χ1v) is 8.36. The highest BCUT2D eigenvalue weighted by Crippen LogP contribution is 2.20. The molecule has 0 unspecified atom stereocenters. The van der Waals surface area contributed by atoms with Crippen molar-refractivity contribution in [1.82, 2.24) is 0 Å². The molecular formula is C11H17NO2S2. The van der Waals surface area contributed by atoms with Crippen molar-refractivity contribution in [2.45, 2.75) is 11.3 Å². The minimum atomic E-state index is -3.14. The third-order valence-corrected chi connectivity index (χ3v) is 3.98. The van der Waals surface area contributed by atoms with Gasteiger partial charge in [0.2, 0.25) is 0 Å². The predicted octanol–water partition coefficient (Wildman–Crippen LogP) is 2.26. The average molecular weight is 259 g/mol. The van der Waals surface area contributed by atoms with Gasteiger partial charge in [0.25, 0.3) is 0 Å². The molecule has 1 aromatic carbocycles. The Bertz CT molecular complexity index is 429. The van der Waals surface area contributed by atoms with Gasteiger partial charge in [-0.25, -0.2) is 8.42 Å². The van der Waals surface area contributed by atoms with Gasteiger partial charge in [-0.3, -0.25) is 0 Å². The van der Waals surface area contributed by atoms with Crippen LogP contribution in [0.5, 0.6) is 0 Å². The predicted molar refractivity (Wildman–Crippen MR) is 71.0 cm³/mol. The summed E-state index contributed by atoms with van der Waals surface area (Å²) in [5.74, 6) is 1.08. The van der Waals surface area contributed by atoms with Gasteiger partial charge in [-0.15, -0.1) is 0 Å². The monoisotopic (exact) mass is 259 g/mol. The highest BCUT2D eigenvalue weighted by molar-refractivity contribution is 7.98. The Labute approximate surface area is 102 Å². The second-order valence-corrected chi connectivity index (χ2v) is 6.51. The topological polar surface area (TPSA) is 46.2 Å². The molecule has 16 heavy (non-hydrogen) atoms. The Kier molecular flexibility index (Phi) is 5.15. The van der Waals surface area contributed by atoms with E-state index in [9.17, 15) is 8.42 Å². The van der Waals surface area contributed by atoms with Crippen molar-refractivity contribution in [2.75, 3.05) is 30.1 Å². The summed E-state index contributed by atoms with van der Waals surface area (Å²) in [6.45, 7) is 0.799. The van der Waals surface area contributed by atoms with E-state index >= 15 is 0 Å². The van der Waals surface area contributed by atoms with E-state index in [1.807, 2.05) is 6.07 Å². The molecule has 0 spiro atoms. The maximum atomic E-state index is 11.5. The summed E-state index contributed by atoms with van der Waals surface area (Å²) in [4.78, 5) is 0.374. The molecule has 90 valence electrons. The van der Waals surface area contributed by atoms with Crippen molar-refractivity contribution in [2.24, 2.45) is 0 Å². The molecule has 1 aromatic rings. The van der Waals surface area contributed by atoms with Gasteiger partial charge in [-0.05, 0) is 30.6 Å². The normalized spacial score (nSPS) is 11.4. The summed E-state index contributed by atoms with van der Waals surface area (Å²) in [5, 5.41) is 3.16. The maximum absolute atomic E-state index is 11.5. The van der Waals surface area contributed by atoms with Gasteiger partial charge >= 0.3 is 0 Å². The fourth-order valence-electron chi connectivity index (χ4n) is 1.38. The first kappa shape index (κ1) is 13.4. The minimum absolute atomic E-state index is 0.374. The van der Waals surface area contributed by atoms with Crippen molar-refractivity contribution < 1.29 is 8.42 Å². The lowest BCUT2D eigenvalue weighted by atomic mass is 10.3. The number of para-hydroxylation sites is 1. The Morgan fingerprint density at radius 2 is 2.00 bits per heavy atom. The van der Waals surface area contributed by atoms with E-state index in [4.69, 9.17) is 0 Å². The van der Waals surface area contributed by atoms with Crippen LogP contribution in [0.15, 0.2) is 29.2 Å². The van der Waals surface area contributed by atoms with Crippen LogP contribution < -0.4 is 5.32 Å². The summed E-state index contributed by atoms with van der Waals surface area (Å²) in [7, 11) is -3.14. The Morgan fingerprint density at radius 3 is 2.62 bits per heavy atom. The molecule has 0 aromatic heterocycles. The quantitative estimate of drug-likeness (QED) is 0.796. The Hall–Kier alpha value is -0.680. The summed E-state index contributed by atoms with van der Waals surface area (Å²) in [5.41, 5.74) is 0.700. The van der Waals surface area contributed by atoms with Crippen molar-refractivity contribution in [1.29, 1.82) is 0 Å². The van der Waals surface area contributed by atoms with E-state index in [1.165, 1.54) is 6.26 Å². The molecular weight excluding hydrogens is 242 g/mol. The van der Waals surface area contributed by atoms with Gasteiger partial charge in [-0.2, -0.15) is 11.8 Å². The van der Waals surface area contributed by atoms with Gasteiger partial charge in [0, 0.05) is 12.8 Å². The Balaban J connectivity index is 2.73. The van der Waals surface area contributed by atoms with E-state index in [0.29, 0.717) is 10.6 Å². The van der Waals surface area contributed by atoms with Crippen LogP contribution in [0, 0.1) is 0 Å². The number of thioether (sulfide) groups is 1. The fraction of sp³-hybridized carbons (Fsp3) is 0.455. The van der Waals surface area contributed by atoms with Crippen LogP contribution >= 0.6 is 11.8 Å². The zero-order chi connectivity index (χ0) is 12.0. The molecule has 1 N–H and O–H groups in total. The summed E-state index contributed by atoms with van der Waals surface area (Å²) in [6.07, 6.45) is 4.32. The highest BCUT2D eigenvalue weighted by Gasteiger charge is 2.11. The number of hydrogen-bond donors (Lipinski definition) is 1. The number of rotatable bonds is 6. The lowest BCUT2D eigenvalue weighted by Crippen LogP contribution is -2.07. The molecule has 0 bridgehead atoms. The molecule has 0 radical (unpaired) electrons. The highest BCUT2D eigenvalue weighted by atomic mass is 32.2. The van der Waals surface area contributed by atoms with Gasteiger partial charge in [-0.1, -0.05) is 12.1 Å². The molecule has 0 atom stereocenters. The van der Waals surface area contributed by atoms with E-state index in [1.54, 1.807) is 30.0 Å². The summed E-state index contributed by atoms with van der Waals surface area (Å²) >= 11 is 1.79. The number of nitrogens with one attached hydrogen (secondary N) is 1. The summed E-state index contributed by atoms with van der Waals surface area (Å²) < 4.78 is 23.0. The largest absolute Gasteiger partial charge is 0.384 e. The van der Waals surface area contributed by atoms with Crippen LogP contribution in [-0.2, 0) is 9.84 Å². The molecule has 0 amide bonds. The van der Waals surface area contributed by atoms with Crippen molar-refractivity contribution in [3.05, 3.63) is 24.3 Å². The van der Waals surface area contributed by atoms with E-state index in [0.717, 1.165) is 18.7 Å². The molecule has 0 aliphatic heterocycles. The second-order valence-electron chi connectivity index (χ2n) is 3.54. The smallest absolute Gasteiger partial charge is 0.177 e. The molecule has 0 heterocycles. The zero-order valence-electron chi connectivity index (χ0n) is 9.56. The fourth-order valence-corrected chi connectivity index (χ4v) is 2.67. The SMILES string of the molecule is CSCCCNc1ccccc1S(C)(=O)=O. The first-order valence-electron chi connectivity index (χ1n) is 5.07. The zero-order valence-corrected chi connectivity index (χ0v) is 11.2. The number of benzene rings is 1. The average Bonchev–Trinajstić information content (AvgIpc) is 2.24. The van der Waals surface area contributed by atoms with Crippen molar-refractivity contribution in [3.63, 3.8) is 0 Å². The third-order valence-electron chi connectivity index (χ3n) is 2.13. The molecule has 1 rings (SSSR count). The summed E-state index contributed by atoms with van der Waals surface area (Å²) in [6, 6.07) is 7.01. The van der Waals surface area contributed by atoms with Gasteiger partial charge in [0.15, 0.2) is 9.84 Å². The molecule has 0 saturated carbocycles. The second kappa shape index (κ2) is 6.15. The molecule has 0 aliphatic carbocycles. The third kappa shape index (κ3) is 4.06. The molecule has 5 heteroatoms. The van der Waals surface area contributed by atoms with Gasteiger partial charge in [0.1, 0.15) is 0 Å². The van der Waals surface area contributed by atoms with E-state index < -0.39 is 9.84 Å². The van der Waals surface area contributed by atoms with Crippen LogP contribution in [0.2, 0.25) is 0 Å². The minimum Gasteiger partial charge on any atom is -0.384 e. The molecule has 3 nitrogen and oxygen atoms in total. The van der Waals surface area contributed by atoms with E-state index in [-0.39, 0.29) is 0 Å². The first-order chi connectivity index (χ1) is 7.55. The van der Waals surface area contributed by atoms with Crippen molar-refractivity contribution in [3.8, 4) is 0 Å². The van der Waals surface area contributed by atoms with Crippen LogP contribution in [-0.4, -0.2) is 33.2 Å². The number of sulfone groups is 1. The number of hydrogen-bond acceptors (Lipinski definition) is 4. The van der Waals surface area contributed by atoms with Crippen LogP contribution in [0.25, 0.3) is 0 Å². The van der Waals surface area contributed by atoms with Crippen LogP contribution in [0.3, 0.4) is 0 Å². The van der Waals surface area contributed by atoms with E-state index in [2.05, 4.69) is 11.6 Å². The molecule has 0 saturated heterocycles. The van der Waals surface area contributed by atoms with Crippen molar-refractivity contribution >= 4 is 27.3 Å². The number of anilines is 1. The van der Waals surface area contributed by atoms with Crippen LogP contribution in [0.1, 0.15) is 6.42 Å². The lowest BCUT2D eigenvalue weighted by molar-refractivity contribution is 0.602. The Morgan fingerprint density at radius 1 is 1.31 bits per heavy atom. The van der Waals surface area contributed by atoms with Crippen LogP contribution in [0.4, 0.5) is 5.69 Å².